The number of unbranched alkanes of at least 4 members (excludes halogenated alkanes) is 34. The van der Waals surface area contributed by atoms with Crippen LogP contribution in [0.1, 0.15) is 316 Å². The Bertz CT molecular complexity index is 1430. The summed E-state index contributed by atoms with van der Waals surface area (Å²) in [5.41, 5.74) is 0. The van der Waals surface area contributed by atoms with E-state index in [4.69, 9.17) is 14.2 Å². The summed E-state index contributed by atoms with van der Waals surface area (Å²) >= 11 is 0. The molecular weight excluding hydrogens is 925 g/mol. The van der Waals surface area contributed by atoms with Crippen LogP contribution >= 0.6 is 0 Å². The number of rotatable bonds is 58. The van der Waals surface area contributed by atoms with Crippen molar-refractivity contribution in [1.82, 2.24) is 0 Å². The first-order chi connectivity index (χ1) is 37.0. The largest absolute Gasteiger partial charge is 0.462 e. The Kier molecular flexibility index (Phi) is 60.3. The molecule has 0 N–H and O–H groups in total. The molecule has 0 saturated carbocycles. The van der Waals surface area contributed by atoms with Gasteiger partial charge in [-0.2, -0.15) is 0 Å². The Morgan fingerprint density at radius 1 is 0.293 bits per heavy atom. The number of esters is 3. The molecule has 0 radical (unpaired) electrons. The van der Waals surface area contributed by atoms with Crippen LogP contribution < -0.4 is 0 Å². The average molecular weight is 1050 g/mol. The summed E-state index contributed by atoms with van der Waals surface area (Å²) in [6, 6.07) is 0. The van der Waals surface area contributed by atoms with Gasteiger partial charge in [0.1, 0.15) is 13.2 Å². The molecule has 0 saturated heterocycles. The van der Waals surface area contributed by atoms with E-state index in [0.29, 0.717) is 12.8 Å². The SMILES string of the molecule is CC/C=C\C/C=C\C/C=C\C/C=C\C/C=C\CC(=O)OCC(COC(=O)CCCCCCCCCCCCC/C=C\CCCCCCCCCC)OC(=O)CCCCCCCCCCC/C=C\CCCCCCCC. The van der Waals surface area contributed by atoms with Gasteiger partial charge in [-0.3, -0.25) is 14.4 Å². The molecule has 0 aromatic rings. The third kappa shape index (κ3) is 61.3. The van der Waals surface area contributed by atoms with Gasteiger partial charge >= 0.3 is 17.9 Å². The number of allylic oxidation sites excluding steroid dienone is 13. The van der Waals surface area contributed by atoms with Crippen LogP contribution in [0.25, 0.3) is 0 Å². The molecule has 0 aliphatic carbocycles. The van der Waals surface area contributed by atoms with Gasteiger partial charge in [-0.05, 0) is 96.3 Å². The fourth-order valence-electron chi connectivity index (χ4n) is 9.10. The zero-order valence-corrected chi connectivity index (χ0v) is 49.6. The number of hydrogen-bond acceptors (Lipinski definition) is 6. The van der Waals surface area contributed by atoms with Gasteiger partial charge in [-0.25, -0.2) is 0 Å². The minimum absolute atomic E-state index is 0.106. The minimum atomic E-state index is -0.819. The third-order valence-corrected chi connectivity index (χ3v) is 13.9. The molecule has 432 valence electrons. The Hall–Kier alpha value is -3.41. The van der Waals surface area contributed by atoms with Crippen LogP contribution in [0.3, 0.4) is 0 Å². The smallest absolute Gasteiger partial charge is 0.309 e. The van der Waals surface area contributed by atoms with Crippen molar-refractivity contribution in [3.05, 3.63) is 85.1 Å². The topological polar surface area (TPSA) is 78.9 Å². The molecule has 0 amide bonds. The summed E-state index contributed by atoms with van der Waals surface area (Å²) in [5, 5.41) is 0. The first-order valence-electron chi connectivity index (χ1n) is 32.1. The molecule has 0 rings (SSSR count). The second-order valence-electron chi connectivity index (χ2n) is 21.3. The van der Waals surface area contributed by atoms with E-state index in [1.54, 1.807) is 6.08 Å². The van der Waals surface area contributed by atoms with E-state index < -0.39 is 12.1 Å². The van der Waals surface area contributed by atoms with E-state index in [1.807, 2.05) is 6.08 Å². The van der Waals surface area contributed by atoms with Crippen LogP contribution in [-0.4, -0.2) is 37.2 Å². The lowest BCUT2D eigenvalue weighted by Crippen LogP contribution is -2.30. The molecule has 6 heteroatoms. The maximum Gasteiger partial charge on any atom is 0.309 e. The van der Waals surface area contributed by atoms with Crippen molar-refractivity contribution in [1.29, 1.82) is 0 Å². The van der Waals surface area contributed by atoms with E-state index in [0.717, 1.165) is 70.6 Å². The number of carbonyl (C=O) groups excluding carboxylic acids is 3. The first kappa shape index (κ1) is 71.6. The van der Waals surface area contributed by atoms with Crippen LogP contribution in [0.15, 0.2) is 85.1 Å². The fourth-order valence-corrected chi connectivity index (χ4v) is 9.10. The molecule has 0 aromatic carbocycles. The highest BCUT2D eigenvalue weighted by Crippen LogP contribution is 2.16. The number of ether oxygens (including phenoxy) is 3. The number of hydrogen-bond donors (Lipinski definition) is 0. The monoisotopic (exact) mass is 1040 g/mol. The van der Waals surface area contributed by atoms with Crippen molar-refractivity contribution in [2.45, 2.75) is 322 Å². The Morgan fingerprint density at radius 3 is 0.920 bits per heavy atom. The second-order valence-corrected chi connectivity index (χ2v) is 21.3. The minimum Gasteiger partial charge on any atom is -0.462 e. The van der Waals surface area contributed by atoms with Gasteiger partial charge in [-0.15, -0.1) is 0 Å². The quantitative estimate of drug-likeness (QED) is 0.0261. The van der Waals surface area contributed by atoms with Gasteiger partial charge in [0.25, 0.3) is 0 Å². The second kappa shape index (κ2) is 63.1. The highest BCUT2D eigenvalue weighted by Gasteiger charge is 2.19. The van der Waals surface area contributed by atoms with Gasteiger partial charge < -0.3 is 14.2 Å². The van der Waals surface area contributed by atoms with Crippen molar-refractivity contribution < 1.29 is 28.6 Å². The molecule has 0 fully saturated rings. The fraction of sp³-hybridized carbons (Fsp3) is 0.754. The summed E-state index contributed by atoms with van der Waals surface area (Å²) in [5.74, 6) is -1.03. The van der Waals surface area contributed by atoms with E-state index in [9.17, 15) is 14.4 Å². The lowest BCUT2D eigenvalue weighted by molar-refractivity contribution is -0.166. The van der Waals surface area contributed by atoms with Gasteiger partial charge in [0, 0.05) is 12.8 Å². The highest BCUT2D eigenvalue weighted by atomic mass is 16.6. The molecule has 0 heterocycles. The van der Waals surface area contributed by atoms with Gasteiger partial charge in [-0.1, -0.05) is 286 Å². The Morgan fingerprint density at radius 2 is 0.573 bits per heavy atom. The Labute approximate surface area is 465 Å². The predicted octanol–water partition coefficient (Wildman–Crippen LogP) is 21.9. The molecule has 75 heavy (non-hydrogen) atoms. The summed E-state index contributed by atoms with van der Waals surface area (Å²) in [4.78, 5) is 38.2. The first-order valence-corrected chi connectivity index (χ1v) is 32.1. The molecule has 0 spiro atoms. The van der Waals surface area contributed by atoms with Gasteiger partial charge in [0.05, 0.1) is 6.42 Å². The van der Waals surface area contributed by atoms with E-state index in [2.05, 4.69) is 93.7 Å². The maximum atomic E-state index is 12.9. The zero-order valence-electron chi connectivity index (χ0n) is 49.6. The highest BCUT2D eigenvalue weighted by molar-refractivity contribution is 5.72. The molecule has 1 unspecified atom stereocenters. The lowest BCUT2D eigenvalue weighted by Gasteiger charge is -2.18. The van der Waals surface area contributed by atoms with Gasteiger partial charge in [0.2, 0.25) is 0 Å². The third-order valence-electron chi connectivity index (χ3n) is 13.9. The summed E-state index contributed by atoms with van der Waals surface area (Å²) in [7, 11) is 0. The van der Waals surface area contributed by atoms with Crippen LogP contribution in [0.4, 0.5) is 0 Å². The van der Waals surface area contributed by atoms with Crippen molar-refractivity contribution >= 4 is 17.9 Å². The van der Waals surface area contributed by atoms with Gasteiger partial charge in [0.15, 0.2) is 6.10 Å². The van der Waals surface area contributed by atoms with Crippen molar-refractivity contribution in [3.8, 4) is 0 Å². The molecule has 1 atom stereocenters. The maximum absolute atomic E-state index is 12.9. The van der Waals surface area contributed by atoms with Crippen LogP contribution in [0.2, 0.25) is 0 Å². The van der Waals surface area contributed by atoms with E-state index in [-0.39, 0.29) is 31.6 Å². The molecule has 6 nitrogen and oxygen atoms in total. The van der Waals surface area contributed by atoms with Crippen molar-refractivity contribution in [2.75, 3.05) is 13.2 Å². The lowest BCUT2D eigenvalue weighted by atomic mass is 10.0. The normalized spacial score (nSPS) is 12.6. The predicted molar refractivity (Wildman–Crippen MR) is 325 cm³/mol. The molecule has 0 aromatic heterocycles. The Balaban J connectivity index is 4.40. The van der Waals surface area contributed by atoms with Crippen molar-refractivity contribution in [2.24, 2.45) is 0 Å². The average Bonchev–Trinajstić information content (AvgIpc) is 3.41. The van der Waals surface area contributed by atoms with E-state index >= 15 is 0 Å². The summed E-state index contributed by atoms with van der Waals surface area (Å²) in [6.45, 7) is 6.47. The van der Waals surface area contributed by atoms with Crippen LogP contribution in [0, 0.1) is 0 Å². The molecule has 0 bridgehead atoms. The zero-order chi connectivity index (χ0) is 54.3. The molecule has 0 aliphatic heterocycles. The molecule has 0 aliphatic rings. The van der Waals surface area contributed by atoms with E-state index in [1.165, 1.54) is 205 Å². The van der Waals surface area contributed by atoms with Crippen LogP contribution in [-0.2, 0) is 28.6 Å². The number of carbonyl (C=O) groups is 3. The summed E-state index contributed by atoms with van der Waals surface area (Å²) in [6.07, 6.45) is 83.3. The summed E-state index contributed by atoms with van der Waals surface area (Å²) < 4.78 is 16.8. The molecular formula is C69H120O6. The standard InChI is InChI=1S/C69H120O6/c1-4-7-10-13-16-19-22-25-28-30-32-33-34-35-37-38-41-44-47-50-53-56-59-62-68(71)74-65-66(64-73-67(70)61-58-55-52-49-46-43-40-27-24-21-18-15-12-9-6-3)75-69(72)63-60-57-54-51-48-45-42-39-36-31-29-26-23-20-17-14-11-8-5-2/h9,12,18,21,26-27,29-30,32,40,46,49,55,58,66H,4-8,10-11,13-17,19-20,22-25,28,31,33-39,41-45,47-48,50-54,56-57,59-65H2,1-3H3/b12-9-,21-18-,29-26-,32-30-,40-27-,49-46-,58-55-. The van der Waals surface area contributed by atoms with Crippen LogP contribution in [0.5, 0.6) is 0 Å². The van der Waals surface area contributed by atoms with Crippen molar-refractivity contribution in [3.63, 3.8) is 0 Å².